The van der Waals surface area contributed by atoms with E-state index in [1.54, 1.807) is 19.1 Å². The van der Waals surface area contributed by atoms with Crippen LogP contribution in [0.3, 0.4) is 0 Å². The first-order valence-electron chi connectivity index (χ1n) is 10.1. The Morgan fingerprint density at radius 2 is 2.00 bits per heavy atom. The number of carbonyl (C=O) groups excluding carboxylic acids is 3. The van der Waals surface area contributed by atoms with Gasteiger partial charge >= 0.3 is 17.9 Å². The zero-order valence-electron chi connectivity index (χ0n) is 17.6. The van der Waals surface area contributed by atoms with Crippen molar-refractivity contribution in [1.82, 2.24) is 0 Å². The summed E-state index contributed by atoms with van der Waals surface area (Å²) in [6, 6.07) is 0. The summed E-state index contributed by atoms with van der Waals surface area (Å²) in [4.78, 5) is 36.8. The van der Waals surface area contributed by atoms with Gasteiger partial charge in [0, 0.05) is 12.5 Å². The fourth-order valence-corrected chi connectivity index (χ4v) is 3.56. The van der Waals surface area contributed by atoms with Crippen molar-refractivity contribution in [2.45, 2.75) is 58.3 Å². The van der Waals surface area contributed by atoms with E-state index in [0.717, 1.165) is 0 Å². The van der Waals surface area contributed by atoms with Crippen LogP contribution in [-0.2, 0) is 28.6 Å². The Balaban J connectivity index is 2.61. The summed E-state index contributed by atoms with van der Waals surface area (Å²) in [5, 5.41) is 19.6. The summed E-state index contributed by atoms with van der Waals surface area (Å²) in [5.74, 6) is -3.07. The van der Waals surface area contributed by atoms with Crippen LogP contribution in [0.4, 0.5) is 0 Å². The molecule has 0 radical (unpaired) electrons. The molecule has 2 N–H and O–H groups in total. The molecule has 1 aliphatic carbocycles. The van der Waals surface area contributed by atoms with E-state index in [1.165, 1.54) is 6.92 Å². The number of rotatable bonds is 6. The molecule has 0 bridgehead atoms. The number of hydrogen-bond acceptors (Lipinski definition) is 8. The Hall–Kier alpha value is -2.45. The number of carbonyl (C=O) groups is 3. The van der Waals surface area contributed by atoms with Crippen molar-refractivity contribution < 1.29 is 38.8 Å². The van der Waals surface area contributed by atoms with E-state index >= 15 is 0 Å². The quantitative estimate of drug-likeness (QED) is 0.287. The molecule has 8 heteroatoms. The van der Waals surface area contributed by atoms with Gasteiger partial charge in [0.2, 0.25) is 0 Å². The average molecular weight is 422 g/mol. The molecule has 0 unspecified atom stereocenters. The average Bonchev–Trinajstić information content (AvgIpc) is 2.99. The molecular weight excluding hydrogens is 392 g/mol. The molecule has 5 atom stereocenters. The highest BCUT2D eigenvalue weighted by Crippen LogP contribution is 2.37. The minimum atomic E-state index is -1.13. The summed E-state index contributed by atoms with van der Waals surface area (Å²) in [6.07, 6.45) is 1.67. The van der Waals surface area contributed by atoms with Crippen LogP contribution in [0.15, 0.2) is 35.5 Å². The van der Waals surface area contributed by atoms with E-state index in [2.05, 4.69) is 6.58 Å². The second-order valence-corrected chi connectivity index (χ2v) is 7.62. The Kier molecular flexibility index (Phi) is 8.37. The van der Waals surface area contributed by atoms with Crippen molar-refractivity contribution in [2.24, 2.45) is 11.8 Å². The van der Waals surface area contributed by atoms with Gasteiger partial charge in [-0.3, -0.25) is 9.59 Å². The van der Waals surface area contributed by atoms with Crippen LogP contribution >= 0.6 is 0 Å². The highest BCUT2D eigenvalue weighted by Gasteiger charge is 2.49. The number of allylic oxidation sites excluding steroid dienone is 1. The summed E-state index contributed by atoms with van der Waals surface area (Å²) >= 11 is 0. The first kappa shape index (κ1) is 23.8. The Morgan fingerprint density at radius 1 is 1.30 bits per heavy atom. The normalized spacial score (nSPS) is 29.6. The van der Waals surface area contributed by atoms with E-state index < -0.39 is 54.7 Å². The molecule has 0 spiro atoms. The van der Waals surface area contributed by atoms with Crippen LogP contribution in [0.5, 0.6) is 0 Å². The monoisotopic (exact) mass is 422 g/mol. The minimum Gasteiger partial charge on any atom is -0.457 e. The topological polar surface area (TPSA) is 119 Å². The second-order valence-electron chi connectivity index (χ2n) is 7.62. The zero-order chi connectivity index (χ0) is 22.4. The SMILES string of the molecule is C=C1C(=O)O[C@@H]2/C=C(\CO)CCC=C(CO)[C@H](OC(C)=O)[C@H](OC(=O)[C@@H](C)CC)[C@@H]12. The molecule has 1 heterocycles. The first-order valence-corrected chi connectivity index (χ1v) is 10.1. The van der Waals surface area contributed by atoms with Gasteiger partial charge in [-0.05, 0) is 36.5 Å². The third-order valence-corrected chi connectivity index (χ3v) is 5.50. The predicted molar refractivity (Wildman–Crippen MR) is 107 cm³/mol. The van der Waals surface area contributed by atoms with Gasteiger partial charge in [0.1, 0.15) is 6.10 Å². The Morgan fingerprint density at radius 3 is 2.57 bits per heavy atom. The molecule has 1 fully saturated rings. The molecule has 0 aromatic heterocycles. The number of aliphatic hydroxyl groups excluding tert-OH is 2. The summed E-state index contributed by atoms with van der Waals surface area (Å²) < 4.78 is 16.7. The van der Waals surface area contributed by atoms with Gasteiger partial charge < -0.3 is 24.4 Å². The maximum atomic E-state index is 12.7. The van der Waals surface area contributed by atoms with Crippen LogP contribution in [0.1, 0.15) is 40.0 Å². The summed E-state index contributed by atoms with van der Waals surface area (Å²) in [7, 11) is 0. The second kappa shape index (κ2) is 10.5. The van der Waals surface area contributed by atoms with E-state index in [9.17, 15) is 24.6 Å². The van der Waals surface area contributed by atoms with Crippen LogP contribution < -0.4 is 0 Å². The van der Waals surface area contributed by atoms with Gasteiger partial charge in [-0.25, -0.2) is 4.79 Å². The van der Waals surface area contributed by atoms with Gasteiger partial charge in [-0.1, -0.05) is 26.5 Å². The standard InChI is InChI=1S/C22H30O8/c1-5-12(2)21(26)30-20-18-13(3)22(27)29-17(18)9-15(10-23)7-6-8-16(11-24)19(20)28-14(4)25/h8-9,12,17-20,23-24H,3,5-7,10-11H2,1-2,4H3/b15-9-,16-8?/t12-,17+,18-,19-,20+/m0/s1. The molecular formula is C22H30O8. The fourth-order valence-electron chi connectivity index (χ4n) is 3.56. The lowest BCUT2D eigenvalue weighted by Gasteiger charge is -2.34. The molecule has 30 heavy (non-hydrogen) atoms. The van der Waals surface area contributed by atoms with E-state index in [1.807, 2.05) is 6.92 Å². The number of hydrogen-bond donors (Lipinski definition) is 2. The van der Waals surface area contributed by atoms with Crippen LogP contribution in [-0.4, -0.2) is 59.6 Å². The highest BCUT2D eigenvalue weighted by atomic mass is 16.6. The number of fused-ring (bicyclic) bond motifs is 1. The van der Waals surface area contributed by atoms with E-state index in [-0.39, 0.29) is 12.2 Å². The van der Waals surface area contributed by atoms with E-state index in [4.69, 9.17) is 14.2 Å². The summed E-state index contributed by atoms with van der Waals surface area (Å²) in [6.45, 7) is 7.89. The maximum Gasteiger partial charge on any atom is 0.334 e. The highest BCUT2D eigenvalue weighted by molar-refractivity contribution is 5.91. The van der Waals surface area contributed by atoms with Crippen molar-refractivity contribution >= 4 is 17.9 Å². The zero-order valence-corrected chi connectivity index (χ0v) is 17.6. The fraction of sp³-hybridized carbons (Fsp3) is 0.591. The Bertz CT molecular complexity index is 750. The molecule has 1 aliphatic heterocycles. The van der Waals surface area contributed by atoms with Crippen LogP contribution in [0.25, 0.3) is 0 Å². The lowest BCUT2D eigenvalue weighted by Crippen LogP contribution is -2.46. The Labute approximate surface area is 176 Å². The number of ether oxygens (including phenoxy) is 3. The van der Waals surface area contributed by atoms with Gasteiger partial charge in [0.15, 0.2) is 12.2 Å². The molecule has 1 saturated heterocycles. The lowest BCUT2D eigenvalue weighted by atomic mass is 9.83. The lowest BCUT2D eigenvalue weighted by molar-refractivity contribution is -0.171. The van der Waals surface area contributed by atoms with Crippen molar-refractivity contribution in [3.8, 4) is 0 Å². The van der Waals surface area contributed by atoms with Crippen molar-refractivity contribution in [3.05, 3.63) is 35.5 Å². The molecule has 8 nitrogen and oxygen atoms in total. The van der Waals surface area contributed by atoms with Crippen molar-refractivity contribution in [1.29, 1.82) is 0 Å². The van der Waals surface area contributed by atoms with Crippen LogP contribution in [0.2, 0.25) is 0 Å². The first-order chi connectivity index (χ1) is 14.2. The molecule has 0 aromatic carbocycles. The molecule has 0 aromatic rings. The third-order valence-electron chi connectivity index (χ3n) is 5.50. The van der Waals surface area contributed by atoms with Crippen LogP contribution in [0, 0.1) is 11.8 Å². The summed E-state index contributed by atoms with van der Waals surface area (Å²) in [5.41, 5.74) is 1.06. The smallest absolute Gasteiger partial charge is 0.334 e. The van der Waals surface area contributed by atoms with Gasteiger partial charge in [-0.2, -0.15) is 0 Å². The minimum absolute atomic E-state index is 0.0745. The van der Waals surface area contributed by atoms with E-state index in [0.29, 0.717) is 30.4 Å². The predicted octanol–water partition coefficient (Wildman–Crippen LogP) is 1.60. The van der Waals surface area contributed by atoms with Gasteiger partial charge in [0.05, 0.1) is 25.0 Å². The molecule has 0 amide bonds. The molecule has 2 rings (SSSR count). The third kappa shape index (κ3) is 5.37. The molecule has 0 saturated carbocycles. The maximum absolute atomic E-state index is 12.7. The van der Waals surface area contributed by atoms with Gasteiger partial charge in [-0.15, -0.1) is 0 Å². The molecule has 2 aliphatic rings. The number of aliphatic hydroxyl groups is 2. The van der Waals surface area contributed by atoms with Crippen molar-refractivity contribution in [2.75, 3.05) is 13.2 Å². The molecule has 166 valence electrons. The largest absolute Gasteiger partial charge is 0.457 e. The number of esters is 3. The van der Waals surface area contributed by atoms with Crippen molar-refractivity contribution in [3.63, 3.8) is 0 Å². The van der Waals surface area contributed by atoms with Gasteiger partial charge in [0.25, 0.3) is 0 Å².